The third kappa shape index (κ3) is 4.36. The minimum Gasteiger partial charge on any atom is -0.134 e. The quantitative estimate of drug-likeness (QED) is 0.166. The van der Waals surface area contributed by atoms with E-state index in [-0.39, 0.29) is 0 Å². The van der Waals surface area contributed by atoms with Crippen molar-refractivity contribution in [3.63, 3.8) is 0 Å². The summed E-state index contributed by atoms with van der Waals surface area (Å²) in [5.74, 6) is 0. The lowest BCUT2D eigenvalue weighted by Crippen LogP contribution is -2.29. The molecule has 2 aromatic heterocycles. The van der Waals surface area contributed by atoms with Crippen molar-refractivity contribution in [3.8, 4) is 20.9 Å². The van der Waals surface area contributed by atoms with E-state index in [0.29, 0.717) is 0 Å². The fourth-order valence-corrected chi connectivity index (χ4v) is 13.3. The Morgan fingerprint density at radius 3 is 1.04 bits per heavy atom. The normalized spacial score (nSPS) is 14.7. The lowest BCUT2D eigenvalue weighted by Gasteiger charge is -2.35. The number of halogens is 2. The lowest BCUT2D eigenvalue weighted by atomic mass is 9.66. The summed E-state index contributed by atoms with van der Waals surface area (Å²) in [5.41, 5.74) is 17.6. The van der Waals surface area contributed by atoms with Crippen LogP contribution in [-0.2, 0) is 10.8 Å². The Hall–Kier alpha value is -4.06. The monoisotopic (exact) mass is 832 g/mol. The molecule has 8 aromatic rings. The summed E-state index contributed by atoms with van der Waals surface area (Å²) < 4.78 is 5.01. The van der Waals surface area contributed by atoms with Crippen LogP contribution in [0.4, 0.5) is 0 Å². The highest BCUT2D eigenvalue weighted by molar-refractivity contribution is 9.10. The van der Waals surface area contributed by atoms with Crippen LogP contribution in [0.2, 0.25) is 0 Å². The van der Waals surface area contributed by atoms with Gasteiger partial charge in [-0.05, 0) is 96.5 Å². The van der Waals surface area contributed by atoms with Gasteiger partial charge in [-0.25, -0.2) is 0 Å². The molecule has 4 heteroatoms. The molecule has 52 heavy (non-hydrogen) atoms. The molecule has 0 bridgehead atoms. The molecular formula is C48H34Br2S2. The van der Waals surface area contributed by atoms with Crippen LogP contribution in [0.5, 0.6) is 0 Å². The van der Waals surface area contributed by atoms with Crippen molar-refractivity contribution in [1.29, 1.82) is 0 Å². The number of hydrogen-bond acceptors (Lipinski definition) is 2. The van der Waals surface area contributed by atoms with Gasteiger partial charge >= 0.3 is 0 Å². The molecule has 0 saturated heterocycles. The molecule has 0 nitrogen and oxygen atoms in total. The Morgan fingerprint density at radius 1 is 0.404 bits per heavy atom. The molecular weight excluding hydrogens is 800 g/mol. The van der Waals surface area contributed by atoms with Crippen molar-refractivity contribution in [2.45, 2.75) is 38.5 Å². The number of fused-ring (bicyclic) bond motifs is 9. The van der Waals surface area contributed by atoms with Crippen molar-refractivity contribution >= 4 is 63.9 Å². The molecule has 2 aliphatic carbocycles. The lowest BCUT2D eigenvalue weighted by molar-refractivity contribution is 0.771. The maximum atomic E-state index is 3.91. The molecule has 0 atom stereocenters. The zero-order valence-electron chi connectivity index (χ0n) is 29.3. The molecule has 0 unspecified atom stereocenters. The first kappa shape index (κ1) is 32.6. The Bertz CT molecular complexity index is 2500. The fraction of sp³-hybridized carbons (Fsp3) is 0.125. The second-order valence-electron chi connectivity index (χ2n) is 14.6. The van der Waals surface area contributed by atoms with E-state index in [0.717, 1.165) is 8.95 Å². The summed E-state index contributed by atoms with van der Waals surface area (Å²) in [5, 5.41) is 0. The molecule has 0 aliphatic heterocycles. The molecule has 252 valence electrons. The second kappa shape index (κ2) is 11.7. The smallest absolute Gasteiger partial charge is 0.0736 e. The van der Waals surface area contributed by atoms with E-state index in [2.05, 4.69) is 193 Å². The summed E-state index contributed by atoms with van der Waals surface area (Å²) >= 11 is 11.8. The van der Waals surface area contributed by atoms with Crippen molar-refractivity contribution in [2.75, 3.05) is 0 Å². The SMILES string of the molecule is Cc1cccc(C2(c3cccc(C)c3)c3cc(Br)ccc3-c3sc4c5c(sc4c32)-c2ccc(Br)cc2C5(c2cccc(C)c2)c2cccc(C)c2)c1. The van der Waals surface area contributed by atoms with E-state index in [4.69, 9.17) is 0 Å². The Labute approximate surface area is 330 Å². The van der Waals surface area contributed by atoms with Crippen LogP contribution in [-0.4, -0.2) is 0 Å². The van der Waals surface area contributed by atoms with Crippen LogP contribution in [0.1, 0.15) is 66.8 Å². The Balaban J connectivity index is 1.42. The van der Waals surface area contributed by atoms with Gasteiger partial charge in [0, 0.05) is 29.8 Å². The predicted octanol–water partition coefficient (Wildman–Crippen LogP) is 14.4. The van der Waals surface area contributed by atoms with Crippen LogP contribution in [0.25, 0.3) is 30.3 Å². The van der Waals surface area contributed by atoms with Gasteiger partial charge in [0.25, 0.3) is 0 Å². The number of rotatable bonds is 4. The molecule has 0 fully saturated rings. The first-order valence-corrected chi connectivity index (χ1v) is 20.9. The van der Waals surface area contributed by atoms with E-state index in [9.17, 15) is 0 Å². The van der Waals surface area contributed by atoms with Gasteiger partial charge in [-0.1, -0.05) is 163 Å². The average Bonchev–Trinajstić information content (AvgIpc) is 3.82. The predicted molar refractivity (Wildman–Crippen MR) is 229 cm³/mol. The maximum Gasteiger partial charge on any atom is 0.0736 e. The highest BCUT2D eigenvalue weighted by Gasteiger charge is 2.54. The van der Waals surface area contributed by atoms with Gasteiger partial charge in [-0.3, -0.25) is 0 Å². The molecule has 6 aromatic carbocycles. The molecule has 0 amide bonds. The molecule has 0 radical (unpaired) electrons. The summed E-state index contributed by atoms with van der Waals surface area (Å²) in [6.07, 6.45) is 0. The molecule has 10 rings (SSSR count). The van der Waals surface area contributed by atoms with E-state index in [1.54, 1.807) is 0 Å². The van der Waals surface area contributed by atoms with Gasteiger partial charge in [-0.2, -0.15) is 0 Å². The van der Waals surface area contributed by atoms with Crippen LogP contribution in [0, 0.1) is 27.7 Å². The summed E-state index contributed by atoms with van der Waals surface area (Å²) in [7, 11) is 0. The third-order valence-electron chi connectivity index (χ3n) is 11.3. The zero-order chi connectivity index (χ0) is 35.5. The highest BCUT2D eigenvalue weighted by Crippen LogP contribution is 2.68. The highest BCUT2D eigenvalue weighted by atomic mass is 79.9. The Kier molecular flexibility index (Phi) is 7.34. The summed E-state index contributed by atoms with van der Waals surface area (Å²) in [6, 6.07) is 50.9. The molecule has 0 spiro atoms. The molecule has 2 heterocycles. The first-order valence-electron chi connectivity index (χ1n) is 17.7. The maximum absolute atomic E-state index is 3.91. The topological polar surface area (TPSA) is 0 Å². The third-order valence-corrected chi connectivity index (χ3v) is 14.9. The van der Waals surface area contributed by atoms with E-state index >= 15 is 0 Å². The van der Waals surface area contributed by atoms with Gasteiger partial charge in [-0.15, -0.1) is 22.7 Å². The number of aryl methyl sites for hydroxylation is 4. The fourth-order valence-electron chi connectivity index (χ4n) is 9.36. The summed E-state index contributed by atoms with van der Waals surface area (Å²) in [6.45, 7) is 8.89. The van der Waals surface area contributed by atoms with Crippen molar-refractivity contribution in [3.05, 3.63) is 209 Å². The first-order chi connectivity index (χ1) is 25.2. The van der Waals surface area contributed by atoms with Gasteiger partial charge in [0.1, 0.15) is 0 Å². The van der Waals surface area contributed by atoms with Gasteiger partial charge in [0.05, 0.1) is 20.2 Å². The van der Waals surface area contributed by atoms with Crippen molar-refractivity contribution in [2.24, 2.45) is 0 Å². The van der Waals surface area contributed by atoms with Crippen LogP contribution < -0.4 is 0 Å². The van der Waals surface area contributed by atoms with E-state index < -0.39 is 10.8 Å². The zero-order valence-corrected chi connectivity index (χ0v) is 34.1. The van der Waals surface area contributed by atoms with Crippen LogP contribution in [0.3, 0.4) is 0 Å². The van der Waals surface area contributed by atoms with Crippen molar-refractivity contribution < 1.29 is 0 Å². The number of thiophene rings is 2. The Morgan fingerprint density at radius 2 is 0.731 bits per heavy atom. The van der Waals surface area contributed by atoms with Crippen LogP contribution >= 0.6 is 54.5 Å². The average molecular weight is 835 g/mol. The molecule has 2 aliphatic rings. The van der Waals surface area contributed by atoms with E-state index in [1.807, 2.05) is 22.7 Å². The minimum absolute atomic E-state index is 0.485. The largest absolute Gasteiger partial charge is 0.134 e. The van der Waals surface area contributed by atoms with Crippen molar-refractivity contribution in [1.82, 2.24) is 0 Å². The molecule has 0 saturated carbocycles. The van der Waals surface area contributed by atoms with Crippen LogP contribution in [0.15, 0.2) is 142 Å². The number of hydrogen-bond donors (Lipinski definition) is 0. The van der Waals surface area contributed by atoms with Gasteiger partial charge < -0.3 is 0 Å². The van der Waals surface area contributed by atoms with Gasteiger partial charge in [0.2, 0.25) is 0 Å². The standard InChI is InChI=1S/C48H34Br2S2/c1-27-9-5-13-31(21-27)47(32-14-6-10-28(2)22-32)39-25-35(49)17-19-37(39)43-41(47)45-46(51-43)42-44(52-45)38-20-18-36(50)26-40(38)48(42,33-15-7-11-29(3)23-33)34-16-8-12-30(4)24-34/h5-26H,1-4H3. The van der Waals surface area contributed by atoms with E-state index in [1.165, 1.54) is 97.0 Å². The minimum atomic E-state index is -0.485. The number of benzene rings is 6. The molecule has 0 N–H and O–H groups in total. The second-order valence-corrected chi connectivity index (χ2v) is 18.5. The van der Waals surface area contributed by atoms with Gasteiger partial charge in [0.15, 0.2) is 0 Å². The summed E-state index contributed by atoms with van der Waals surface area (Å²) in [4.78, 5) is 2.77.